The third-order valence-corrected chi connectivity index (χ3v) is 6.92. The first kappa shape index (κ1) is 25.2. The first-order valence-corrected chi connectivity index (χ1v) is 12.6. The van der Waals surface area contributed by atoms with E-state index in [4.69, 9.17) is 4.98 Å². The Morgan fingerprint density at radius 1 is 1.03 bits per heavy atom. The SMILES string of the molecule is Cc1nc(-c2cccnc2C(C)C)c2n1CCCN(Cc1ccc(-c3nc(C(F)(F)F)cn3C)cc1)C2. The first-order valence-electron chi connectivity index (χ1n) is 12.6. The second-order valence-electron chi connectivity index (χ2n) is 10.0. The van der Waals surface area contributed by atoms with Gasteiger partial charge in [-0.25, -0.2) is 9.97 Å². The van der Waals surface area contributed by atoms with Gasteiger partial charge in [-0.2, -0.15) is 13.2 Å². The van der Waals surface area contributed by atoms with Gasteiger partial charge in [0.1, 0.15) is 11.6 Å². The van der Waals surface area contributed by atoms with E-state index in [1.54, 1.807) is 7.05 Å². The molecule has 0 spiro atoms. The molecule has 1 aliphatic heterocycles. The van der Waals surface area contributed by atoms with Crippen molar-refractivity contribution >= 4 is 0 Å². The van der Waals surface area contributed by atoms with Crippen LogP contribution in [-0.2, 0) is 32.9 Å². The van der Waals surface area contributed by atoms with Gasteiger partial charge < -0.3 is 9.13 Å². The number of rotatable bonds is 5. The predicted octanol–water partition coefficient (Wildman–Crippen LogP) is 6.20. The molecule has 194 valence electrons. The van der Waals surface area contributed by atoms with E-state index in [0.29, 0.717) is 17.3 Å². The fourth-order valence-corrected chi connectivity index (χ4v) is 5.13. The number of nitrogens with zero attached hydrogens (tertiary/aromatic N) is 6. The predicted molar refractivity (Wildman–Crippen MR) is 137 cm³/mol. The van der Waals surface area contributed by atoms with Crippen molar-refractivity contribution in [1.29, 1.82) is 0 Å². The Balaban J connectivity index is 1.39. The molecule has 4 aromatic rings. The molecule has 0 N–H and O–H groups in total. The molecule has 0 fully saturated rings. The molecule has 1 aromatic carbocycles. The lowest BCUT2D eigenvalue weighted by molar-refractivity contribution is -0.140. The molecule has 4 heterocycles. The van der Waals surface area contributed by atoms with Gasteiger partial charge in [0.15, 0.2) is 5.69 Å². The van der Waals surface area contributed by atoms with Crippen LogP contribution in [0.3, 0.4) is 0 Å². The normalized spacial score (nSPS) is 14.7. The fourth-order valence-electron chi connectivity index (χ4n) is 5.13. The number of fused-ring (bicyclic) bond motifs is 1. The molecule has 0 unspecified atom stereocenters. The number of benzene rings is 1. The maximum atomic E-state index is 13.1. The zero-order chi connectivity index (χ0) is 26.3. The topological polar surface area (TPSA) is 51.8 Å². The van der Waals surface area contributed by atoms with Crippen LogP contribution < -0.4 is 0 Å². The van der Waals surface area contributed by atoms with Gasteiger partial charge in [0.2, 0.25) is 0 Å². The van der Waals surface area contributed by atoms with E-state index in [-0.39, 0.29) is 0 Å². The summed E-state index contributed by atoms with van der Waals surface area (Å²) in [6.07, 6.45) is -0.584. The second-order valence-corrected chi connectivity index (χ2v) is 10.0. The third kappa shape index (κ3) is 5.05. The molecule has 6 nitrogen and oxygen atoms in total. The Hall–Kier alpha value is -3.46. The molecule has 1 aliphatic rings. The maximum Gasteiger partial charge on any atom is 0.434 e. The Kier molecular flexibility index (Phi) is 6.66. The summed E-state index contributed by atoms with van der Waals surface area (Å²) in [6.45, 7) is 9.73. The molecule has 0 saturated heterocycles. The number of hydrogen-bond acceptors (Lipinski definition) is 4. The van der Waals surface area contributed by atoms with Crippen molar-refractivity contribution < 1.29 is 13.2 Å². The average molecular weight is 509 g/mol. The van der Waals surface area contributed by atoms with E-state index in [9.17, 15) is 13.2 Å². The Morgan fingerprint density at radius 2 is 1.78 bits per heavy atom. The van der Waals surface area contributed by atoms with Crippen LogP contribution >= 0.6 is 0 Å². The molecule has 9 heteroatoms. The molecule has 0 bridgehead atoms. The molecule has 5 rings (SSSR count). The molecule has 0 saturated carbocycles. The highest BCUT2D eigenvalue weighted by atomic mass is 19.4. The summed E-state index contributed by atoms with van der Waals surface area (Å²) in [7, 11) is 1.58. The van der Waals surface area contributed by atoms with Crippen LogP contribution in [0.4, 0.5) is 13.2 Å². The summed E-state index contributed by atoms with van der Waals surface area (Å²) in [5, 5.41) is 0. The summed E-state index contributed by atoms with van der Waals surface area (Å²) >= 11 is 0. The number of aryl methyl sites for hydroxylation is 2. The second kappa shape index (κ2) is 9.78. The lowest BCUT2D eigenvalue weighted by Crippen LogP contribution is -2.23. The summed E-state index contributed by atoms with van der Waals surface area (Å²) < 4.78 is 43.0. The van der Waals surface area contributed by atoms with Crippen molar-refractivity contribution in [3.8, 4) is 22.6 Å². The van der Waals surface area contributed by atoms with Crippen molar-refractivity contribution in [1.82, 2.24) is 29.0 Å². The molecule has 3 aromatic heterocycles. The molecular weight excluding hydrogens is 477 g/mol. The Labute approximate surface area is 214 Å². The molecule has 37 heavy (non-hydrogen) atoms. The van der Waals surface area contributed by atoms with E-state index in [2.05, 4.69) is 46.3 Å². The number of aromatic nitrogens is 5. The van der Waals surface area contributed by atoms with Crippen LogP contribution in [0.25, 0.3) is 22.6 Å². The monoisotopic (exact) mass is 508 g/mol. The van der Waals surface area contributed by atoms with Crippen LogP contribution in [0.15, 0.2) is 48.8 Å². The van der Waals surface area contributed by atoms with E-state index in [0.717, 1.165) is 67.1 Å². The third-order valence-electron chi connectivity index (χ3n) is 6.92. The minimum absolute atomic E-state index is 0.292. The lowest BCUT2D eigenvalue weighted by atomic mass is 10.00. The van der Waals surface area contributed by atoms with E-state index >= 15 is 0 Å². The molecular formula is C28H31F3N6. The highest BCUT2D eigenvalue weighted by molar-refractivity contribution is 5.66. The van der Waals surface area contributed by atoms with Crippen LogP contribution in [0.1, 0.15) is 54.7 Å². The van der Waals surface area contributed by atoms with Crippen LogP contribution in [0, 0.1) is 6.92 Å². The largest absolute Gasteiger partial charge is 0.434 e. The number of halogens is 3. The number of hydrogen-bond donors (Lipinski definition) is 0. The van der Waals surface area contributed by atoms with Gasteiger partial charge in [0.05, 0.1) is 17.1 Å². The Bertz CT molecular complexity index is 1400. The van der Waals surface area contributed by atoms with Crippen molar-refractivity contribution in [2.75, 3.05) is 6.54 Å². The van der Waals surface area contributed by atoms with Crippen molar-refractivity contribution in [2.45, 2.75) is 58.9 Å². The van der Waals surface area contributed by atoms with Gasteiger partial charge in [-0.3, -0.25) is 9.88 Å². The molecule has 0 radical (unpaired) electrons. The standard InChI is InChI=1S/C28H31F3N6/c1-18(2)25-22(7-5-12-32-25)26-23-16-36(13-6-14-37(23)19(3)33-26)15-20-8-10-21(11-9-20)27-34-24(17-35(27)4)28(29,30)31/h5,7-12,17-18H,6,13-16H2,1-4H3. The number of alkyl halides is 3. The summed E-state index contributed by atoms with van der Waals surface area (Å²) in [6, 6.07) is 11.7. The smallest absolute Gasteiger partial charge is 0.333 e. The van der Waals surface area contributed by atoms with Gasteiger partial charge in [-0.05, 0) is 37.0 Å². The van der Waals surface area contributed by atoms with E-state index < -0.39 is 11.9 Å². The highest BCUT2D eigenvalue weighted by Crippen LogP contribution is 2.33. The first-order chi connectivity index (χ1) is 17.6. The summed E-state index contributed by atoms with van der Waals surface area (Å²) in [5.41, 5.74) is 5.24. The lowest BCUT2D eigenvalue weighted by Gasteiger charge is -2.21. The Morgan fingerprint density at radius 3 is 2.46 bits per heavy atom. The molecule has 0 amide bonds. The molecule has 0 atom stereocenters. The molecule has 0 aliphatic carbocycles. The van der Waals surface area contributed by atoms with Crippen molar-refractivity contribution in [3.05, 3.63) is 77.3 Å². The minimum atomic E-state index is -4.46. The van der Waals surface area contributed by atoms with Crippen molar-refractivity contribution in [2.24, 2.45) is 7.05 Å². The van der Waals surface area contributed by atoms with Gasteiger partial charge in [-0.1, -0.05) is 38.1 Å². The van der Waals surface area contributed by atoms with Gasteiger partial charge in [0.25, 0.3) is 0 Å². The minimum Gasteiger partial charge on any atom is -0.333 e. The van der Waals surface area contributed by atoms with Crippen molar-refractivity contribution in [3.63, 3.8) is 0 Å². The quantitative estimate of drug-likeness (QED) is 0.322. The zero-order valence-electron chi connectivity index (χ0n) is 21.5. The highest BCUT2D eigenvalue weighted by Gasteiger charge is 2.34. The van der Waals surface area contributed by atoms with Crippen LogP contribution in [0.2, 0.25) is 0 Å². The van der Waals surface area contributed by atoms with Crippen LogP contribution in [-0.4, -0.2) is 35.5 Å². The maximum absolute atomic E-state index is 13.1. The number of imidazole rings is 2. The van der Waals surface area contributed by atoms with Gasteiger partial charge >= 0.3 is 6.18 Å². The van der Waals surface area contributed by atoms with Crippen LogP contribution in [0.5, 0.6) is 0 Å². The average Bonchev–Trinajstić information content (AvgIpc) is 3.31. The van der Waals surface area contributed by atoms with E-state index in [1.165, 1.54) is 10.3 Å². The summed E-state index contributed by atoms with van der Waals surface area (Å²) in [4.78, 5) is 15.8. The fraction of sp³-hybridized carbons (Fsp3) is 0.393. The summed E-state index contributed by atoms with van der Waals surface area (Å²) in [5.74, 6) is 1.61. The van der Waals surface area contributed by atoms with Gasteiger partial charge in [-0.15, -0.1) is 0 Å². The van der Waals surface area contributed by atoms with E-state index in [1.807, 2.05) is 36.5 Å². The van der Waals surface area contributed by atoms with Gasteiger partial charge in [0, 0.05) is 56.7 Å². The number of pyridine rings is 1. The zero-order valence-corrected chi connectivity index (χ0v) is 21.5.